The summed E-state index contributed by atoms with van der Waals surface area (Å²) < 4.78 is 28.4. The average Bonchev–Trinajstić information content (AvgIpc) is 3.05. The van der Waals surface area contributed by atoms with Gasteiger partial charge in [0.2, 0.25) is 0 Å². The molecule has 250 valence electrons. The standard InChI is InChI=1S/C33H55N3O8/c1-3-4-5-6-7-8-9-10-11-12-13-14-15-19-22-41-24-27(40-2)25-42-33-29(35-36-34)31(30(38)28(23-37)43-33)44-32(39)26-20-17-16-18-21-26/h16-18,20-21,27-31,33,37-38H,3-15,19,22-25H2,1-2H3/t27?,28?,29-,30-,31?,33+/m0/s1. The Labute approximate surface area is 263 Å². The van der Waals surface area contributed by atoms with Crippen LogP contribution in [0.1, 0.15) is 107 Å². The molecule has 44 heavy (non-hydrogen) atoms. The van der Waals surface area contributed by atoms with Gasteiger partial charge in [0.15, 0.2) is 6.29 Å². The highest BCUT2D eigenvalue weighted by atomic mass is 16.7. The molecule has 1 aromatic rings. The van der Waals surface area contributed by atoms with E-state index in [0.29, 0.717) is 13.2 Å². The predicted octanol–water partition coefficient (Wildman–Crippen LogP) is 6.50. The van der Waals surface area contributed by atoms with E-state index in [-0.39, 0.29) is 12.2 Å². The number of benzene rings is 1. The van der Waals surface area contributed by atoms with Crippen LogP contribution in [-0.4, -0.2) is 86.5 Å². The molecule has 1 fully saturated rings. The third-order valence-corrected chi connectivity index (χ3v) is 7.99. The molecule has 2 rings (SSSR count). The number of hydrogen-bond donors (Lipinski definition) is 2. The molecule has 0 spiro atoms. The van der Waals surface area contributed by atoms with Gasteiger partial charge in [-0.3, -0.25) is 0 Å². The molecule has 0 amide bonds. The summed E-state index contributed by atoms with van der Waals surface area (Å²) in [7, 11) is 1.54. The van der Waals surface area contributed by atoms with Crippen molar-refractivity contribution in [2.45, 2.75) is 134 Å². The molecule has 0 bridgehead atoms. The lowest BCUT2D eigenvalue weighted by Crippen LogP contribution is -2.60. The van der Waals surface area contributed by atoms with Gasteiger partial charge in [0.05, 0.1) is 25.4 Å². The number of ether oxygens (including phenoxy) is 5. The second-order valence-corrected chi connectivity index (χ2v) is 11.5. The van der Waals surface area contributed by atoms with Crippen LogP contribution in [0.15, 0.2) is 35.4 Å². The van der Waals surface area contributed by atoms with Gasteiger partial charge in [-0.2, -0.15) is 0 Å². The molecule has 3 unspecified atom stereocenters. The predicted molar refractivity (Wildman–Crippen MR) is 168 cm³/mol. The van der Waals surface area contributed by atoms with Crippen LogP contribution in [0.5, 0.6) is 0 Å². The van der Waals surface area contributed by atoms with Crippen molar-refractivity contribution in [1.29, 1.82) is 0 Å². The van der Waals surface area contributed by atoms with Crippen LogP contribution in [0.3, 0.4) is 0 Å². The van der Waals surface area contributed by atoms with E-state index in [1.165, 1.54) is 77.0 Å². The molecule has 1 aliphatic rings. The van der Waals surface area contributed by atoms with Crippen LogP contribution in [0.4, 0.5) is 0 Å². The number of carbonyl (C=O) groups is 1. The molecular weight excluding hydrogens is 566 g/mol. The van der Waals surface area contributed by atoms with Crippen molar-refractivity contribution in [3.63, 3.8) is 0 Å². The Bertz CT molecular complexity index is 918. The fourth-order valence-corrected chi connectivity index (χ4v) is 5.28. The van der Waals surface area contributed by atoms with Gasteiger partial charge in [-0.15, -0.1) is 0 Å². The maximum absolute atomic E-state index is 12.7. The monoisotopic (exact) mass is 621 g/mol. The molecule has 1 saturated heterocycles. The summed E-state index contributed by atoms with van der Waals surface area (Å²) in [4.78, 5) is 15.5. The molecular formula is C33H55N3O8. The van der Waals surface area contributed by atoms with Gasteiger partial charge in [-0.25, -0.2) is 4.79 Å². The number of aliphatic hydroxyl groups is 2. The Morgan fingerprint density at radius 3 is 2.09 bits per heavy atom. The number of nitrogens with zero attached hydrogens (tertiary/aromatic N) is 3. The fraction of sp³-hybridized carbons (Fsp3) is 0.788. The first-order chi connectivity index (χ1) is 21.5. The van der Waals surface area contributed by atoms with Gasteiger partial charge in [-0.05, 0) is 24.1 Å². The first-order valence-electron chi connectivity index (χ1n) is 16.5. The summed E-state index contributed by atoms with van der Waals surface area (Å²) in [6, 6.07) is 7.04. The van der Waals surface area contributed by atoms with Crippen molar-refractivity contribution in [2.24, 2.45) is 5.11 Å². The van der Waals surface area contributed by atoms with Gasteiger partial charge in [-0.1, -0.05) is 114 Å². The fourth-order valence-electron chi connectivity index (χ4n) is 5.28. The van der Waals surface area contributed by atoms with Crippen LogP contribution >= 0.6 is 0 Å². The lowest BCUT2D eigenvalue weighted by molar-refractivity contribution is -0.271. The lowest BCUT2D eigenvalue weighted by atomic mass is 9.97. The second-order valence-electron chi connectivity index (χ2n) is 11.5. The minimum absolute atomic E-state index is 0.0327. The van der Waals surface area contributed by atoms with Gasteiger partial charge in [0, 0.05) is 18.6 Å². The van der Waals surface area contributed by atoms with Crippen molar-refractivity contribution in [3.8, 4) is 0 Å². The smallest absolute Gasteiger partial charge is 0.338 e. The molecule has 0 aromatic heterocycles. The Morgan fingerprint density at radius 2 is 1.55 bits per heavy atom. The first kappa shape index (κ1) is 37.9. The van der Waals surface area contributed by atoms with E-state index in [9.17, 15) is 20.5 Å². The lowest BCUT2D eigenvalue weighted by Gasteiger charge is -2.42. The van der Waals surface area contributed by atoms with Gasteiger partial charge in [0.25, 0.3) is 0 Å². The van der Waals surface area contributed by atoms with E-state index in [4.69, 9.17) is 23.7 Å². The normalized spacial score (nSPS) is 22.3. The zero-order chi connectivity index (χ0) is 31.8. The van der Waals surface area contributed by atoms with Gasteiger partial charge in [0.1, 0.15) is 30.5 Å². The highest BCUT2D eigenvalue weighted by Crippen LogP contribution is 2.28. The van der Waals surface area contributed by atoms with E-state index >= 15 is 0 Å². The van der Waals surface area contributed by atoms with Crippen LogP contribution in [-0.2, 0) is 23.7 Å². The third-order valence-electron chi connectivity index (χ3n) is 7.99. The SMILES string of the molecule is CCCCCCCCCCCCCCCCOCC(CO[C@@H]1OC(CO)[C@H](O)C(OC(=O)c2ccccc2)[C@@H]1N=[N+]=[N-])OC. The molecule has 0 aliphatic carbocycles. The summed E-state index contributed by atoms with van der Waals surface area (Å²) in [5.74, 6) is -0.711. The zero-order valence-corrected chi connectivity index (χ0v) is 26.8. The molecule has 0 saturated carbocycles. The quantitative estimate of drug-likeness (QED) is 0.0413. The Morgan fingerprint density at radius 1 is 0.955 bits per heavy atom. The number of azide groups is 1. The summed E-state index contributed by atoms with van der Waals surface area (Å²) in [6.07, 6.45) is 12.7. The average molecular weight is 622 g/mol. The first-order valence-corrected chi connectivity index (χ1v) is 16.5. The Balaban J connectivity index is 1.67. The number of unbranched alkanes of at least 4 members (excludes halogenated alkanes) is 13. The van der Waals surface area contributed by atoms with Gasteiger partial charge >= 0.3 is 5.97 Å². The summed E-state index contributed by atoms with van der Waals surface area (Å²) in [5.41, 5.74) is 9.44. The molecule has 11 heteroatoms. The Hall–Kier alpha value is -2.24. The zero-order valence-electron chi connectivity index (χ0n) is 26.8. The van der Waals surface area contributed by atoms with Crippen molar-refractivity contribution in [1.82, 2.24) is 0 Å². The highest BCUT2D eigenvalue weighted by molar-refractivity contribution is 5.89. The number of hydrogen-bond acceptors (Lipinski definition) is 9. The Kier molecular flexibility index (Phi) is 20.7. The minimum atomic E-state index is -1.44. The molecule has 6 atom stereocenters. The minimum Gasteiger partial charge on any atom is -0.455 e. The van der Waals surface area contributed by atoms with Crippen LogP contribution in [0.2, 0.25) is 0 Å². The van der Waals surface area contributed by atoms with Gasteiger partial charge < -0.3 is 33.9 Å². The maximum Gasteiger partial charge on any atom is 0.338 e. The summed E-state index contributed by atoms with van der Waals surface area (Å²) in [6.45, 7) is 2.65. The number of carbonyl (C=O) groups excluding carboxylic acids is 1. The topological polar surface area (TPSA) is 152 Å². The molecule has 2 N–H and O–H groups in total. The highest BCUT2D eigenvalue weighted by Gasteiger charge is 2.48. The number of rotatable bonds is 25. The molecule has 11 nitrogen and oxygen atoms in total. The summed E-state index contributed by atoms with van der Waals surface area (Å²) >= 11 is 0. The van der Waals surface area contributed by atoms with Crippen molar-refractivity contribution in [2.75, 3.05) is 33.5 Å². The molecule has 1 aromatic carbocycles. The molecule has 0 radical (unpaired) electrons. The second kappa shape index (κ2) is 24.1. The van der Waals surface area contributed by atoms with Crippen LogP contribution < -0.4 is 0 Å². The van der Waals surface area contributed by atoms with E-state index in [2.05, 4.69) is 16.9 Å². The third kappa shape index (κ3) is 14.7. The number of aliphatic hydroxyl groups excluding tert-OH is 2. The maximum atomic E-state index is 12.7. The molecule has 1 heterocycles. The number of methoxy groups -OCH3 is 1. The van der Waals surface area contributed by atoms with E-state index in [1.807, 2.05) is 0 Å². The van der Waals surface area contributed by atoms with E-state index in [1.54, 1.807) is 37.4 Å². The number of esters is 1. The van der Waals surface area contributed by atoms with E-state index < -0.39 is 49.3 Å². The van der Waals surface area contributed by atoms with E-state index in [0.717, 1.165) is 12.8 Å². The van der Waals surface area contributed by atoms with Crippen LogP contribution in [0, 0.1) is 0 Å². The van der Waals surface area contributed by atoms with Crippen molar-refractivity contribution < 1.29 is 38.7 Å². The van der Waals surface area contributed by atoms with Crippen LogP contribution in [0.25, 0.3) is 10.4 Å². The largest absolute Gasteiger partial charge is 0.455 e. The van der Waals surface area contributed by atoms with Crippen molar-refractivity contribution >= 4 is 5.97 Å². The summed E-state index contributed by atoms with van der Waals surface area (Å²) in [5, 5.41) is 24.2. The molecule has 1 aliphatic heterocycles. The van der Waals surface area contributed by atoms with Crippen molar-refractivity contribution in [3.05, 3.63) is 46.3 Å².